The van der Waals surface area contributed by atoms with Gasteiger partial charge in [0.1, 0.15) is 0 Å². The molecule has 2 aromatic rings. The lowest BCUT2D eigenvalue weighted by Crippen LogP contribution is -2.14. The first-order chi connectivity index (χ1) is 8.65. The third-order valence-corrected chi connectivity index (χ3v) is 4.33. The van der Waals surface area contributed by atoms with Crippen molar-refractivity contribution in [3.8, 4) is 0 Å². The average molecular weight is 371 g/mol. The highest BCUT2D eigenvalue weighted by Gasteiger charge is 1.99. The van der Waals surface area contributed by atoms with Crippen molar-refractivity contribution in [2.24, 2.45) is 0 Å². The van der Waals surface area contributed by atoms with Crippen LogP contribution < -0.4 is 5.32 Å². The molecule has 0 spiro atoms. The molecular formula is C13H13Br2N3. The van der Waals surface area contributed by atoms with Gasteiger partial charge in [-0.15, -0.1) is 0 Å². The Kier molecular flexibility index (Phi) is 4.86. The van der Waals surface area contributed by atoms with E-state index in [1.165, 1.54) is 5.56 Å². The highest BCUT2D eigenvalue weighted by Crippen LogP contribution is 2.23. The van der Waals surface area contributed by atoms with Crippen LogP contribution in [0.2, 0.25) is 0 Å². The molecule has 0 aliphatic heterocycles. The molecule has 0 aliphatic rings. The maximum absolute atomic E-state index is 4.30. The fraction of sp³-hybridized carbons (Fsp3) is 0.231. The van der Waals surface area contributed by atoms with Crippen molar-refractivity contribution in [2.45, 2.75) is 20.0 Å². The van der Waals surface area contributed by atoms with Gasteiger partial charge < -0.3 is 5.32 Å². The van der Waals surface area contributed by atoms with E-state index in [-0.39, 0.29) is 0 Å². The molecule has 0 saturated carbocycles. The Balaban J connectivity index is 1.88. The van der Waals surface area contributed by atoms with Gasteiger partial charge in [-0.1, -0.05) is 6.07 Å². The second-order valence-corrected chi connectivity index (χ2v) is 5.71. The highest BCUT2D eigenvalue weighted by molar-refractivity contribution is 9.13. The molecule has 18 heavy (non-hydrogen) atoms. The van der Waals surface area contributed by atoms with E-state index in [4.69, 9.17) is 0 Å². The van der Waals surface area contributed by atoms with Gasteiger partial charge in [-0.05, 0) is 56.5 Å². The number of benzene rings is 1. The van der Waals surface area contributed by atoms with E-state index in [2.05, 4.69) is 59.3 Å². The normalized spacial score (nSPS) is 10.6. The standard InChI is InChI=1S/C13H13Br2N3/c1-9-5-18-11(8-17-9)7-16-6-10-2-3-12(14)13(15)4-10/h2-5,8,16H,6-7H2,1H3. The molecule has 0 fully saturated rings. The molecule has 1 aromatic carbocycles. The van der Waals surface area contributed by atoms with Crippen molar-refractivity contribution in [1.29, 1.82) is 0 Å². The van der Waals surface area contributed by atoms with Crippen molar-refractivity contribution >= 4 is 31.9 Å². The molecule has 94 valence electrons. The Bertz CT molecular complexity index is 526. The SMILES string of the molecule is Cc1cnc(CNCc2ccc(Br)c(Br)c2)cn1. The summed E-state index contributed by atoms with van der Waals surface area (Å²) in [5.74, 6) is 0. The molecule has 0 saturated heterocycles. The molecular weight excluding hydrogens is 358 g/mol. The van der Waals surface area contributed by atoms with Crippen molar-refractivity contribution < 1.29 is 0 Å². The molecule has 5 heteroatoms. The van der Waals surface area contributed by atoms with Gasteiger partial charge in [-0.3, -0.25) is 9.97 Å². The minimum absolute atomic E-state index is 0.723. The van der Waals surface area contributed by atoms with Gasteiger partial charge in [-0.2, -0.15) is 0 Å². The van der Waals surface area contributed by atoms with Crippen LogP contribution in [0.3, 0.4) is 0 Å². The first-order valence-electron chi connectivity index (χ1n) is 5.57. The van der Waals surface area contributed by atoms with Crippen LogP contribution in [0.15, 0.2) is 39.5 Å². The summed E-state index contributed by atoms with van der Waals surface area (Å²) in [4.78, 5) is 8.51. The Morgan fingerprint density at radius 3 is 2.56 bits per heavy atom. The number of nitrogens with one attached hydrogen (secondary N) is 1. The van der Waals surface area contributed by atoms with Gasteiger partial charge in [0.2, 0.25) is 0 Å². The van der Waals surface area contributed by atoms with Crippen LogP contribution in [0.4, 0.5) is 0 Å². The van der Waals surface area contributed by atoms with Gasteiger partial charge in [0.15, 0.2) is 0 Å². The minimum Gasteiger partial charge on any atom is -0.307 e. The summed E-state index contributed by atoms with van der Waals surface area (Å²) in [6.07, 6.45) is 3.59. The highest BCUT2D eigenvalue weighted by atomic mass is 79.9. The van der Waals surface area contributed by atoms with E-state index in [1.807, 2.05) is 13.0 Å². The van der Waals surface area contributed by atoms with Crippen molar-refractivity contribution in [3.05, 3.63) is 56.5 Å². The third kappa shape index (κ3) is 3.86. The second-order valence-electron chi connectivity index (χ2n) is 4.00. The zero-order valence-corrected chi connectivity index (χ0v) is 13.1. The monoisotopic (exact) mass is 369 g/mol. The molecule has 2 rings (SSSR count). The van der Waals surface area contributed by atoms with E-state index in [1.54, 1.807) is 12.4 Å². The van der Waals surface area contributed by atoms with Gasteiger partial charge in [-0.25, -0.2) is 0 Å². The molecule has 0 radical (unpaired) electrons. The van der Waals surface area contributed by atoms with E-state index >= 15 is 0 Å². The maximum atomic E-state index is 4.30. The molecule has 0 aliphatic carbocycles. The van der Waals surface area contributed by atoms with E-state index < -0.39 is 0 Å². The fourth-order valence-electron chi connectivity index (χ4n) is 1.50. The smallest absolute Gasteiger partial charge is 0.0724 e. The van der Waals surface area contributed by atoms with Crippen LogP contribution in [0.5, 0.6) is 0 Å². The summed E-state index contributed by atoms with van der Waals surface area (Å²) in [7, 11) is 0. The molecule has 0 bridgehead atoms. The molecule has 3 nitrogen and oxygen atoms in total. The van der Waals surface area contributed by atoms with Crippen LogP contribution in [0.25, 0.3) is 0 Å². The Morgan fingerprint density at radius 2 is 1.89 bits per heavy atom. The predicted octanol–water partition coefficient (Wildman–Crippen LogP) is 3.60. The average Bonchev–Trinajstić information content (AvgIpc) is 2.36. The molecule has 0 atom stereocenters. The molecule has 0 unspecified atom stereocenters. The van der Waals surface area contributed by atoms with Crippen LogP contribution in [0, 0.1) is 6.92 Å². The molecule has 1 N–H and O–H groups in total. The number of halogens is 2. The molecule has 0 amide bonds. The number of hydrogen-bond acceptors (Lipinski definition) is 3. The van der Waals surface area contributed by atoms with Gasteiger partial charge in [0.05, 0.1) is 11.4 Å². The zero-order chi connectivity index (χ0) is 13.0. The fourth-order valence-corrected chi connectivity index (χ4v) is 2.17. The second kappa shape index (κ2) is 6.41. The summed E-state index contributed by atoms with van der Waals surface area (Å²) in [5.41, 5.74) is 3.12. The van der Waals surface area contributed by atoms with Crippen molar-refractivity contribution in [2.75, 3.05) is 0 Å². The Morgan fingerprint density at radius 1 is 1.06 bits per heavy atom. The van der Waals surface area contributed by atoms with Crippen LogP contribution >= 0.6 is 31.9 Å². The molecule has 1 aromatic heterocycles. The first-order valence-corrected chi connectivity index (χ1v) is 7.16. The lowest BCUT2D eigenvalue weighted by Gasteiger charge is -2.06. The van der Waals surface area contributed by atoms with E-state index in [0.29, 0.717) is 0 Å². The Hall–Kier alpha value is -0.780. The van der Waals surface area contributed by atoms with Gasteiger partial charge >= 0.3 is 0 Å². The molecule has 1 heterocycles. The number of nitrogens with zero attached hydrogens (tertiary/aromatic N) is 2. The number of hydrogen-bond donors (Lipinski definition) is 1. The summed E-state index contributed by atoms with van der Waals surface area (Å²) in [6.45, 7) is 3.46. The number of aryl methyl sites for hydroxylation is 1. The van der Waals surface area contributed by atoms with Gasteiger partial charge in [0.25, 0.3) is 0 Å². The van der Waals surface area contributed by atoms with Gasteiger partial charge in [0, 0.05) is 34.4 Å². The van der Waals surface area contributed by atoms with Crippen LogP contribution in [-0.2, 0) is 13.1 Å². The Labute approximate surface area is 123 Å². The predicted molar refractivity (Wildman–Crippen MR) is 79.2 cm³/mol. The van der Waals surface area contributed by atoms with Crippen molar-refractivity contribution in [3.63, 3.8) is 0 Å². The largest absolute Gasteiger partial charge is 0.307 e. The first kappa shape index (κ1) is 13.6. The number of aromatic nitrogens is 2. The van der Waals surface area contributed by atoms with Crippen LogP contribution in [-0.4, -0.2) is 9.97 Å². The maximum Gasteiger partial charge on any atom is 0.0724 e. The topological polar surface area (TPSA) is 37.8 Å². The van der Waals surface area contributed by atoms with Crippen molar-refractivity contribution in [1.82, 2.24) is 15.3 Å². The minimum atomic E-state index is 0.723. The summed E-state index contributed by atoms with van der Waals surface area (Å²) < 4.78 is 2.13. The van der Waals surface area contributed by atoms with E-state index in [0.717, 1.165) is 33.4 Å². The van der Waals surface area contributed by atoms with Crippen LogP contribution in [0.1, 0.15) is 17.0 Å². The lowest BCUT2D eigenvalue weighted by atomic mass is 10.2. The zero-order valence-electron chi connectivity index (χ0n) is 9.95. The van der Waals surface area contributed by atoms with E-state index in [9.17, 15) is 0 Å². The lowest BCUT2D eigenvalue weighted by molar-refractivity contribution is 0.675. The summed E-state index contributed by atoms with van der Waals surface area (Å²) >= 11 is 6.95. The number of rotatable bonds is 4. The summed E-state index contributed by atoms with van der Waals surface area (Å²) in [5, 5.41) is 3.35. The quantitative estimate of drug-likeness (QED) is 0.893. The third-order valence-electron chi connectivity index (χ3n) is 2.45. The summed E-state index contributed by atoms with van der Waals surface area (Å²) in [6, 6.07) is 6.22.